The van der Waals surface area contributed by atoms with E-state index in [4.69, 9.17) is 0 Å². The number of aryl methyl sites for hydroxylation is 2. The number of benzene rings is 1. The van der Waals surface area contributed by atoms with Gasteiger partial charge in [0.2, 0.25) is 0 Å². The number of rotatable bonds is 3. The van der Waals surface area contributed by atoms with E-state index in [9.17, 15) is 13.5 Å². The van der Waals surface area contributed by atoms with Crippen molar-refractivity contribution >= 4 is 15.7 Å². The van der Waals surface area contributed by atoms with Crippen LogP contribution in [0.5, 0.6) is 5.75 Å². The molecule has 2 rings (SSSR count). The number of anilines is 1. The Balaban J connectivity index is 2.40. The lowest BCUT2D eigenvalue weighted by atomic mass is 10.3. The molecule has 19 heavy (non-hydrogen) atoms. The van der Waals surface area contributed by atoms with Crippen molar-refractivity contribution in [2.75, 3.05) is 4.72 Å². The molecule has 0 fully saturated rings. The van der Waals surface area contributed by atoms with E-state index in [-0.39, 0.29) is 10.6 Å². The normalized spacial score (nSPS) is 11.5. The Bertz CT molecular complexity index is 703. The highest BCUT2D eigenvalue weighted by molar-refractivity contribution is 7.92. The largest absolute Gasteiger partial charge is 0.508 e. The molecule has 0 bridgehead atoms. The number of hydrogen-bond donors (Lipinski definition) is 2. The quantitative estimate of drug-likeness (QED) is 0.836. The van der Waals surface area contributed by atoms with E-state index in [1.165, 1.54) is 28.9 Å². The second kappa shape index (κ2) is 4.58. The highest BCUT2D eigenvalue weighted by atomic mass is 32.2. The highest BCUT2D eigenvalue weighted by Crippen LogP contribution is 2.23. The van der Waals surface area contributed by atoms with Crippen LogP contribution < -0.4 is 4.72 Å². The molecule has 102 valence electrons. The van der Waals surface area contributed by atoms with Crippen LogP contribution in [0.3, 0.4) is 0 Å². The van der Waals surface area contributed by atoms with Crippen molar-refractivity contribution in [3.8, 4) is 5.75 Å². The molecule has 0 saturated carbocycles. The molecule has 0 aliphatic rings. The predicted molar refractivity (Wildman–Crippen MR) is 71.6 cm³/mol. The standard InChI is InChI=1S/C12H15N3O3S/c1-8-12(9(2)15(3)13-8)19(17,18)14-10-4-6-11(16)7-5-10/h4-7,14,16H,1-3H3. The predicted octanol–water partition coefficient (Wildman–Crippen LogP) is 1.54. The molecule has 0 spiro atoms. The molecule has 0 atom stereocenters. The maximum atomic E-state index is 12.3. The number of aromatic nitrogens is 2. The van der Waals surface area contributed by atoms with E-state index in [1.54, 1.807) is 20.9 Å². The lowest BCUT2D eigenvalue weighted by molar-refractivity contribution is 0.475. The second-order valence-electron chi connectivity index (χ2n) is 4.28. The molecule has 1 heterocycles. The zero-order valence-corrected chi connectivity index (χ0v) is 11.7. The summed E-state index contributed by atoms with van der Waals surface area (Å²) in [7, 11) is -1.99. The van der Waals surface area contributed by atoms with Crippen LogP contribution in [-0.4, -0.2) is 23.3 Å². The molecule has 1 aromatic heterocycles. The van der Waals surface area contributed by atoms with E-state index in [1.807, 2.05) is 0 Å². The lowest BCUT2D eigenvalue weighted by Crippen LogP contribution is -2.14. The fourth-order valence-electron chi connectivity index (χ4n) is 1.88. The summed E-state index contributed by atoms with van der Waals surface area (Å²) >= 11 is 0. The fourth-order valence-corrected chi connectivity index (χ4v) is 3.38. The van der Waals surface area contributed by atoms with Gasteiger partial charge in [-0.2, -0.15) is 5.10 Å². The molecule has 6 nitrogen and oxygen atoms in total. The number of sulfonamides is 1. The van der Waals surface area contributed by atoms with Gasteiger partial charge in [0.05, 0.1) is 11.4 Å². The summed E-state index contributed by atoms with van der Waals surface area (Å²) in [4.78, 5) is 0.183. The maximum absolute atomic E-state index is 12.3. The number of aromatic hydroxyl groups is 1. The van der Waals surface area contributed by atoms with Gasteiger partial charge in [0, 0.05) is 12.7 Å². The number of hydrogen-bond acceptors (Lipinski definition) is 4. The van der Waals surface area contributed by atoms with Gasteiger partial charge in [0.25, 0.3) is 10.0 Å². The van der Waals surface area contributed by atoms with E-state index in [0.29, 0.717) is 17.1 Å². The van der Waals surface area contributed by atoms with Gasteiger partial charge in [0.1, 0.15) is 10.6 Å². The van der Waals surface area contributed by atoms with E-state index in [0.717, 1.165) is 0 Å². The Morgan fingerprint density at radius 1 is 1.21 bits per heavy atom. The molecule has 7 heteroatoms. The highest BCUT2D eigenvalue weighted by Gasteiger charge is 2.23. The van der Waals surface area contributed by atoms with Gasteiger partial charge in [-0.15, -0.1) is 0 Å². The summed E-state index contributed by atoms with van der Waals surface area (Å²) in [5.74, 6) is 0.0803. The zero-order valence-electron chi connectivity index (χ0n) is 10.9. The third-order valence-corrected chi connectivity index (χ3v) is 4.46. The van der Waals surface area contributed by atoms with Gasteiger partial charge in [-0.05, 0) is 38.1 Å². The Kier molecular flexibility index (Phi) is 3.23. The summed E-state index contributed by atoms with van der Waals surface area (Å²) < 4.78 is 28.6. The van der Waals surface area contributed by atoms with Gasteiger partial charge in [-0.25, -0.2) is 8.42 Å². The monoisotopic (exact) mass is 281 g/mol. The number of nitrogens with zero attached hydrogens (tertiary/aromatic N) is 2. The van der Waals surface area contributed by atoms with Crippen LogP contribution >= 0.6 is 0 Å². The molecule has 0 radical (unpaired) electrons. The summed E-state index contributed by atoms with van der Waals surface area (Å²) in [5.41, 5.74) is 1.41. The summed E-state index contributed by atoms with van der Waals surface area (Å²) in [6, 6.07) is 5.82. The van der Waals surface area contributed by atoms with Crippen LogP contribution in [0.25, 0.3) is 0 Å². The first kappa shape index (κ1) is 13.4. The molecule has 0 unspecified atom stereocenters. The van der Waals surface area contributed by atoms with Crippen molar-refractivity contribution in [3.63, 3.8) is 0 Å². The van der Waals surface area contributed by atoms with Crippen LogP contribution in [0.4, 0.5) is 5.69 Å². The molecule has 1 aromatic carbocycles. The molecule has 0 amide bonds. The second-order valence-corrected chi connectivity index (χ2v) is 5.90. The Morgan fingerprint density at radius 3 is 2.26 bits per heavy atom. The minimum absolute atomic E-state index is 0.0803. The van der Waals surface area contributed by atoms with Crippen molar-refractivity contribution in [2.45, 2.75) is 18.7 Å². The molecular formula is C12H15N3O3S. The molecule has 2 aromatic rings. The summed E-state index contributed by atoms with van der Waals surface area (Å²) in [5, 5.41) is 13.3. The molecule has 0 saturated heterocycles. The molecule has 0 aliphatic carbocycles. The Morgan fingerprint density at radius 2 is 1.79 bits per heavy atom. The summed E-state index contributed by atoms with van der Waals surface area (Å²) in [6.45, 7) is 3.35. The minimum Gasteiger partial charge on any atom is -0.508 e. The minimum atomic E-state index is -3.68. The van der Waals surface area contributed by atoms with Crippen LogP contribution in [0, 0.1) is 13.8 Å². The van der Waals surface area contributed by atoms with Crippen LogP contribution in [-0.2, 0) is 17.1 Å². The first-order valence-corrected chi connectivity index (χ1v) is 7.11. The summed E-state index contributed by atoms with van der Waals surface area (Å²) in [6.07, 6.45) is 0. The third-order valence-electron chi connectivity index (χ3n) is 2.83. The Hall–Kier alpha value is -2.02. The van der Waals surface area contributed by atoms with E-state index in [2.05, 4.69) is 9.82 Å². The number of phenols is 1. The van der Waals surface area contributed by atoms with Gasteiger partial charge >= 0.3 is 0 Å². The molecule has 2 N–H and O–H groups in total. The van der Waals surface area contributed by atoms with E-state index < -0.39 is 10.0 Å². The topological polar surface area (TPSA) is 84.2 Å². The molecule has 0 aliphatic heterocycles. The SMILES string of the molecule is Cc1nn(C)c(C)c1S(=O)(=O)Nc1ccc(O)cc1. The maximum Gasteiger partial charge on any atom is 0.265 e. The van der Waals surface area contributed by atoms with Crippen molar-refractivity contribution in [3.05, 3.63) is 35.7 Å². The van der Waals surface area contributed by atoms with E-state index >= 15 is 0 Å². The first-order chi connectivity index (χ1) is 8.81. The average Bonchev–Trinajstić information content (AvgIpc) is 2.56. The van der Waals surface area contributed by atoms with Gasteiger partial charge in [0.15, 0.2) is 0 Å². The van der Waals surface area contributed by atoms with Crippen molar-refractivity contribution in [2.24, 2.45) is 7.05 Å². The molecular weight excluding hydrogens is 266 g/mol. The van der Waals surface area contributed by atoms with Gasteiger partial charge < -0.3 is 5.11 Å². The van der Waals surface area contributed by atoms with Crippen molar-refractivity contribution in [1.82, 2.24) is 9.78 Å². The fraction of sp³-hybridized carbons (Fsp3) is 0.250. The van der Waals surface area contributed by atoms with Crippen LogP contribution in [0.1, 0.15) is 11.4 Å². The van der Waals surface area contributed by atoms with Gasteiger partial charge in [-0.3, -0.25) is 9.40 Å². The average molecular weight is 281 g/mol. The third kappa shape index (κ3) is 2.55. The zero-order chi connectivity index (χ0) is 14.2. The lowest BCUT2D eigenvalue weighted by Gasteiger charge is -2.08. The smallest absolute Gasteiger partial charge is 0.265 e. The number of nitrogens with one attached hydrogen (secondary N) is 1. The van der Waals surface area contributed by atoms with Gasteiger partial charge in [-0.1, -0.05) is 0 Å². The van der Waals surface area contributed by atoms with Crippen molar-refractivity contribution < 1.29 is 13.5 Å². The van der Waals surface area contributed by atoms with Crippen LogP contribution in [0.15, 0.2) is 29.2 Å². The van der Waals surface area contributed by atoms with Crippen molar-refractivity contribution in [1.29, 1.82) is 0 Å². The Labute approximate surface area is 111 Å². The first-order valence-electron chi connectivity index (χ1n) is 5.63. The number of phenolic OH excluding ortho intramolecular Hbond substituents is 1. The van der Waals surface area contributed by atoms with Crippen LogP contribution in [0.2, 0.25) is 0 Å².